The molecule has 0 aliphatic rings. The van der Waals surface area contributed by atoms with Crippen LogP contribution in [-0.2, 0) is 34.0 Å². The molecule has 1 aromatic carbocycles. The van der Waals surface area contributed by atoms with E-state index in [-0.39, 0.29) is 25.1 Å². The van der Waals surface area contributed by atoms with Crippen LogP contribution in [0.1, 0.15) is 17.3 Å². The fraction of sp³-hybridized carbons (Fsp3) is 0.0909. The van der Waals surface area contributed by atoms with Crippen molar-refractivity contribution in [3.05, 3.63) is 48.0 Å². The van der Waals surface area contributed by atoms with E-state index in [2.05, 4.69) is 16.4 Å². The maximum absolute atomic E-state index is 11.2. The molecular weight excluding hydrogens is 262 g/mol. The first-order valence-electron chi connectivity index (χ1n) is 4.25. The molecule has 0 radical (unpaired) electrons. The van der Waals surface area contributed by atoms with Crippen LogP contribution in [0, 0.1) is 0 Å². The number of rotatable bonds is 2. The van der Waals surface area contributed by atoms with Gasteiger partial charge in [-0.1, -0.05) is 24.8 Å². The molecule has 0 unspecified atom stereocenters. The van der Waals surface area contributed by atoms with E-state index in [1.165, 1.54) is 6.92 Å². The van der Waals surface area contributed by atoms with Crippen molar-refractivity contribution in [2.24, 2.45) is 0 Å². The van der Waals surface area contributed by atoms with Gasteiger partial charge in [0.1, 0.15) is 0 Å². The van der Waals surface area contributed by atoms with E-state index in [9.17, 15) is 9.59 Å². The number of carbonyl (C=O) groups is 2. The first-order chi connectivity index (χ1) is 7.11. The zero-order chi connectivity index (χ0) is 11.3. The number of carbonyl (C=O) groups excluding carboxylic acids is 2. The molecule has 80 valence electrons. The Morgan fingerprint density at radius 1 is 1.12 bits per heavy atom. The minimum atomic E-state index is -0.765. The maximum atomic E-state index is 11.2. The summed E-state index contributed by atoms with van der Waals surface area (Å²) < 4.78 is 0. The molecule has 0 aliphatic carbocycles. The third-order valence-electron chi connectivity index (χ3n) is 1.55. The largest absolute Gasteiger partial charge is 0.386 e. The Labute approximate surface area is 106 Å². The zero-order valence-corrected chi connectivity index (χ0v) is 11.9. The van der Waals surface area contributed by atoms with E-state index in [0.717, 1.165) is 0 Å². The Morgan fingerprint density at radius 3 is 2.19 bits per heavy atom. The molecule has 5 heteroatoms. The van der Waals surface area contributed by atoms with Crippen LogP contribution in [-0.4, -0.2) is 11.9 Å². The van der Waals surface area contributed by atoms with Crippen LogP contribution >= 0.6 is 0 Å². The molecule has 4 nitrogen and oxygen atoms in total. The van der Waals surface area contributed by atoms with E-state index in [1.807, 2.05) is 0 Å². The smallest absolute Gasteiger partial charge is 0.242 e. The van der Waals surface area contributed by atoms with Crippen LogP contribution in [0.5, 0.6) is 0 Å². The zero-order valence-electron chi connectivity index (χ0n) is 8.93. The summed E-state index contributed by atoms with van der Waals surface area (Å²) in [5, 5.41) is 0. The molecule has 0 aromatic heterocycles. The Kier molecular flexibility index (Phi) is 6.27. The van der Waals surface area contributed by atoms with Crippen molar-refractivity contribution in [2.45, 2.75) is 6.92 Å². The minimum absolute atomic E-state index is 0. The first kappa shape index (κ1) is 14.5. The van der Waals surface area contributed by atoms with Crippen molar-refractivity contribution < 1.29 is 38.8 Å². The molecule has 0 saturated carbocycles. The summed E-state index contributed by atoms with van der Waals surface area (Å²) in [5.74, 6) is -1.48. The molecule has 0 spiro atoms. The number of benzene rings is 1. The summed E-state index contributed by atoms with van der Waals surface area (Å²) in [4.78, 5) is 30.7. The molecular formula is C11H10O4Zn. The van der Waals surface area contributed by atoms with Crippen molar-refractivity contribution in [1.29, 1.82) is 0 Å². The molecule has 0 saturated heterocycles. The van der Waals surface area contributed by atoms with Crippen LogP contribution in [0.4, 0.5) is 0 Å². The topological polar surface area (TPSA) is 52.6 Å². The second-order valence-corrected chi connectivity index (χ2v) is 2.89. The van der Waals surface area contributed by atoms with E-state index in [0.29, 0.717) is 5.56 Å². The Morgan fingerprint density at radius 2 is 1.69 bits per heavy atom. The summed E-state index contributed by atoms with van der Waals surface area (Å²) in [5.41, 5.74) is 0.475. The summed E-state index contributed by atoms with van der Waals surface area (Å²) >= 11 is 0. The van der Waals surface area contributed by atoms with E-state index >= 15 is 0 Å². The van der Waals surface area contributed by atoms with Crippen LogP contribution in [0.25, 0.3) is 0 Å². The average Bonchev–Trinajstić information content (AvgIpc) is 2.26. The van der Waals surface area contributed by atoms with Gasteiger partial charge in [-0.05, 0) is 19.1 Å². The summed E-state index contributed by atoms with van der Waals surface area (Å²) in [6, 6.07) is 8.22. The molecule has 1 rings (SSSR count). The third-order valence-corrected chi connectivity index (χ3v) is 1.55. The van der Waals surface area contributed by atoms with E-state index in [1.54, 1.807) is 30.3 Å². The molecule has 0 N–H and O–H groups in total. The van der Waals surface area contributed by atoms with Gasteiger partial charge in [0.2, 0.25) is 0 Å². The standard InChI is InChI=1S/C11H10O4.Zn/c1-8(2)10(12)14-15-11(13)9-6-4-3-5-7-9;/h3-7H,1H2,2H3;. The van der Waals surface area contributed by atoms with Gasteiger partial charge < -0.3 is 0 Å². The third kappa shape index (κ3) is 4.36. The van der Waals surface area contributed by atoms with Crippen molar-refractivity contribution >= 4 is 11.9 Å². The molecule has 16 heavy (non-hydrogen) atoms. The monoisotopic (exact) mass is 270 g/mol. The predicted molar refractivity (Wildman–Crippen MR) is 52.8 cm³/mol. The van der Waals surface area contributed by atoms with Gasteiger partial charge in [-0.3, -0.25) is 0 Å². The quantitative estimate of drug-likeness (QED) is 0.357. The van der Waals surface area contributed by atoms with Crippen LogP contribution in [0.2, 0.25) is 0 Å². The fourth-order valence-electron chi connectivity index (χ4n) is 0.769. The SMILES string of the molecule is C=C(C)C(=O)OOC(=O)c1ccccc1.[Zn]. The fourth-order valence-corrected chi connectivity index (χ4v) is 0.769. The van der Waals surface area contributed by atoms with Gasteiger partial charge >= 0.3 is 11.9 Å². The predicted octanol–water partition coefficient (Wildman–Crippen LogP) is 1.88. The second kappa shape index (κ2) is 6.91. The van der Waals surface area contributed by atoms with Crippen LogP contribution < -0.4 is 0 Å². The Bertz CT molecular complexity index is 386. The molecule has 0 fully saturated rings. The van der Waals surface area contributed by atoms with Gasteiger partial charge in [-0.2, -0.15) is 0 Å². The second-order valence-electron chi connectivity index (χ2n) is 2.89. The van der Waals surface area contributed by atoms with Crippen molar-refractivity contribution in [3.63, 3.8) is 0 Å². The van der Waals surface area contributed by atoms with Gasteiger partial charge in [0.05, 0.1) is 5.56 Å². The molecule has 0 bridgehead atoms. The van der Waals surface area contributed by atoms with Gasteiger partial charge in [0.15, 0.2) is 0 Å². The van der Waals surface area contributed by atoms with Crippen LogP contribution in [0.3, 0.4) is 0 Å². The molecule has 0 aliphatic heterocycles. The normalized spacial score (nSPS) is 8.56. The van der Waals surface area contributed by atoms with Crippen molar-refractivity contribution in [1.82, 2.24) is 0 Å². The number of hydrogen-bond donors (Lipinski definition) is 0. The Hall–Kier alpha value is -1.48. The summed E-state index contributed by atoms with van der Waals surface area (Å²) in [6.45, 7) is 4.80. The van der Waals surface area contributed by atoms with E-state index in [4.69, 9.17) is 0 Å². The Balaban J connectivity index is 0.00000225. The maximum Gasteiger partial charge on any atom is 0.386 e. The van der Waals surface area contributed by atoms with Crippen molar-refractivity contribution in [3.8, 4) is 0 Å². The summed E-state index contributed by atoms with van der Waals surface area (Å²) in [7, 11) is 0. The van der Waals surface area contributed by atoms with E-state index < -0.39 is 11.9 Å². The van der Waals surface area contributed by atoms with Crippen molar-refractivity contribution in [2.75, 3.05) is 0 Å². The first-order valence-corrected chi connectivity index (χ1v) is 4.25. The molecule has 1 aromatic rings. The average molecular weight is 272 g/mol. The molecule has 0 atom stereocenters. The van der Waals surface area contributed by atoms with Gasteiger partial charge in [0.25, 0.3) is 0 Å². The minimum Gasteiger partial charge on any atom is -0.242 e. The van der Waals surface area contributed by atoms with Gasteiger partial charge in [-0.25, -0.2) is 19.4 Å². The molecule has 0 heterocycles. The van der Waals surface area contributed by atoms with Gasteiger partial charge in [0, 0.05) is 25.1 Å². The van der Waals surface area contributed by atoms with Gasteiger partial charge in [-0.15, -0.1) is 0 Å². The van der Waals surface area contributed by atoms with Crippen LogP contribution in [0.15, 0.2) is 42.5 Å². The molecule has 0 amide bonds. The summed E-state index contributed by atoms with van der Waals surface area (Å²) in [6.07, 6.45) is 0. The number of hydrogen-bond acceptors (Lipinski definition) is 4.